The molecule has 9 nitrogen and oxygen atoms in total. The van der Waals surface area contributed by atoms with Crippen molar-refractivity contribution in [3.05, 3.63) is 12.4 Å². The fourth-order valence-corrected chi connectivity index (χ4v) is 3.27. The third-order valence-corrected chi connectivity index (χ3v) is 4.82. The molecule has 0 radical (unpaired) electrons. The molecule has 0 unspecified atom stereocenters. The van der Waals surface area contributed by atoms with Gasteiger partial charge in [-0.1, -0.05) is 0 Å². The summed E-state index contributed by atoms with van der Waals surface area (Å²) in [5.74, 6) is 0.750. The second-order valence-corrected chi connectivity index (χ2v) is 8.32. The lowest BCUT2D eigenvalue weighted by molar-refractivity contribution is -0.120. The van der Waals surface area contributed by atoms with Crippen LogP contribution in [0.3, 0.4) is 0 Å². The molecule has 0 saturated carbocycles. The number of guanidine groups is 1. The molecule has 1 aromatic heterocycles. The molecule has 1 saturated heterocycles. The molecule has 1 fully saturated rings. The number of anilines is 1. The summed E-state index contributed by atoms with van der Waals surface area (Å²) in [6, 6.07) is 0. The fourth-order valence-electron chi connectivity index (χ4n) is 2.61. The molecule has 1 N–H and O–H groups in total. The summed E-state index contributed by atoms with van der Waals surface area (Å²) in [6.45, 7) is 4.48. The first-order valence-corrected chi connectivity index (χ1v) is 10.4. The predicted octanol–water partition coefficient (Wildman–Crippen LogP) is -0.531. The van der Waals surface area contributed by atoms with Crippen LogP contribution in [0.15, 0.2) is 17.4 Å². The Hall–Kier alpha value is -2.10. The van der Waals surface area contributed by atoms with Gasteiger partial charge in [0.1, 0.15) is 16.4 Å². The summed E-state index contributed by atoms with van der Waals surface area (Å²) in [7, 11) is -1.16. The lowest BCUT2D eigenvalue weighted by Gasteiger charge is -2.35. The molecular formula is C15H26N6O3S. The Morgan fingerprint density at radius 2 is 2.16 bits per heavy atom. The number of aliphatic imine (C=N–C) groups is 1. The largest absolute Gasteiger partial charge is 0.357 e. The molecule has 1 aliphatic rings. The minimum Gasteiger partial charge on any atom is -0.357 e. The van der Waals surface area contributed by atoms with Crippen LogP contribution in [0.2, 0.25) is 0 Å². The first-order valence-electron chi connectivity index (χ1n) is 8.30. The Kier molecular flexibility index (Phi) is 6.40. The van der Waals surface area contributed by atoms with Crippen LogP contribution in [0.1, 0.15) is 13.3 Å². The van der Waals surface area contributed by atoms with Crippen molar-refractivity contribution in [1.29, 1.82) is 0 Å². The Balaban J connectivity index is 1.97. The molecule has 140 valence electrons. The van der Waals surface area contributed by atoms with Gasteiger partial charge in [0, 0.05) is 45.7 Å². The van der Waals surface area contributed by atoms with Crippen molar-refractivity contribution in [2.24, 2.45) is 12.0 Å². The average molecular weight is 370 g/mol. The molecule has 0 aromatic carbocycles. The minimum atomic E-state index is -2.98. The number of nitrogens with zero attached hydrogens (tertiary/aromatic N) is 5. The van der Waals surface area contributed by atoms with Gasteiger partial charge in [0.15, 0.2) is 5.96 Å². The second kappa shape index (κ2) is 8.32. The quantitative estimate of drug-likeness (QED) is 0.410. The lowest BCUT2D eigenvalue weighted by atomic mass is 10.3. The fraction of sp³-hybridized carbons (Fsp3) is 0.667. The van der Waals surface area contributed by atoms with E-state index in [0.29, 0.717) is 38.6 Å². The summed E-state index contributed by atoms with van der Waals surface area (Å²) in [4.78, 5) is 20.5. The first-order chi connectivity index (χ1) is 11.8. The molecule has 2 heterocycles. The Bertz CT molecular complexity index is 727. The van der Waals surface area contributed by atoms with E-state index in [1.165, 1.54) is 6.26 Å². The van der Waals surface area contributed by atoms with E-state index >= 15 is 0 Å². The molecule has 0 spiro atoms. The topological polar surface area (TPSA) is 99.9 Å². The predicted molar refractivity (Wildman–Crippen MR) is 97.4 cm³/mol. The standard InChI is InChI=1S/C15H26N6O3S/c1-4-16-15(17-6-5-9-25(3,23)24)20-7-8-21(14(22)12-20)13-10-18-19(2)11-13/h10-11H,4-9,12H2,1-3H3,(H,16,17). The highest BCUT2D eigenvalue weighted by molar-refractivity contribution is 7.90. The number of carbonyl (C=O) groups excluding carboxylic acids is 1. The van der Waals surface area contributed by atoms with Crippen LogP contribution in [0.5, 0.6) is 0 Å². The maximum Gasteiger partial charge on any atom is 0.246 e. The normalized spacial score (nSPS) is 16.4. The molecule has 0 bridgehead atoms. The molecule has 10 heteroatoms. The molecule has 2 rings (SSSR count). The van der Waals surface area contributed by atoms with Crippen LogP contribution < -0.4 is 10.2 Å². The summed E-state index contributed by atoms with van der Waals surface area (Å²) in [6.07, 6.45) is 5.19. The zero-order valence-corrected chi connectivity index (χ0v) is 15.8. The van der Waals surface area contributed by atoms with E-state index in [1.54, 1.807) is 15.8 Å². The van der Waals surface area contributed by atoms with Crippen molar-refractivity contribution < 1.29 is 13.2 Å². The SMILES string of the molecule is CCNC(=NCCCS(C)(=O)=O)N1CCN(c2cnn(C)c2)C(=O)C1. The van der Waals surface area contributed by atoms with Gasteiger partial charge in [0.2, 0.25) is 5.91 Å². The number of nitrogens with one attached hydrogen (secondary N) is 1. The number of hydrogen-bond acceptors (Lipinski definition) is 5. The van der Waals surface area contributed by atoms with E-state index in [0.717, 1.165) is 5.69 Å². The van der Waals surface area contributed by atoms with Crippen LogP contribution in [0.25, 0.3) is 0 Å². The Labute approximate surface area is 148 Å². The summed E-state index contributed by atoms with van der Waals surface area (Å²) < 4.78 is 24.0. The minimum absolute atomic E-state index is 0.0130. The molecule has 1 aliphatic heterocycles. The third kappa shape index (κ3) is 5.73. The monoisotopic (exact) mass is 370 g/mol. The molecule has 0 aliphatic carbocycles. The lowest BCUT2D eigenvalue weighted by Crippen LogP contribution is -2.55. The number of aryl methyl sites for hydroxylation is 1. The molecule has 1 aromatic rings. The van der Waals surface area contributed by atoms with Gasteiger partial charge in [-0.3, -0.25) is 14.5 Å². The van der Waals surface area contributed by atoms with Crippen molar-refractivity contribution >= 4 is 27.4 Å². The highest BCUT2D eigenvalue weighted by Gasteiger charge is 2.27. The van der Waals surface area contributed by atoms with Crippen LogP contribution in [0.4, 0.5) is 5.69 Å². The van der Waals surface area contributed by atoms with E-state index in [2.05, 4.69) is 15.4 Å². The number of carbonyl (C=O) groups is 1. The van der Waals surface area contributed by atoms with Crippen molar-refractivity contribution in [1.82, 2.24) is 20.0 Å². The van der Waals surface area contributed by atoms with Gasteiger partial charge >= 0.3 is 0 Å². The van der Waals surface area contributed by atoms with Crippen LogP contribution >= 0.6 is 0 Å². The molecule has 25 heavy (non-hydrogen) atoms. The maximum atomic E-state index is 12.5. The van der Waals surface area contributed by atoms with E-state index in [4.69, 9.17) is 0 Å². The number of amides is 1. The van der Waals surface area contributed by atoms with E-state index < -0.39 is 9.84 Å². The van der Waals surface area contributed by atoms with Crippen molar-refractivity contribution in [3.63, 3.8) is 0 Å². The van der Waals surface area contributed by atoms with Crippen molar-refractivity contribution in [2.75, 3.05) is 49.6 Å². The van der Waals surface area contributed by atoms with Gasteiger partial charge in [0.25, 0.3) is 0 Å². The van der Waals surface area contributed by atoms with Gasteiger partial charge in [-0.25, -0.2) is 8.42 Å². The summed E-state index contributed by atoms with van der Waals surface area (Å²) in [5, 5.41) is 7.27. The van der Waals surface area contributed by atoms with E-state index in [1.807, 2.05) is 25.1 Å². The molecule has 0 atom stereocenters. The second-order valence-electron chi connectivity index (χ2n) is 6.06. The summed E-state index contributed by atoms with van der Waals surface area (Å²) >= 11 is 0. The van der Waals surface area contributed by atoms with Crippen LogP contribution in [-0.4, -0.2) is 79.7 Å². The van der Waals surface area contributed by atoms with E-state index in [9.17, 15) is 13.2 Å². The van der Waals surface area contributed by atoms with Crippen LogP contribution in [0, 0.1) is 0 Å². The van der Waals surface area contributed by atoms with Gasteiger partial charge in [0.05, 0.1) is 17.6 Å². The van der Waals surface area contributed by atoms with Gasteiger partial charge in [-0.05, 0) is 13.3 Å². The number of rotatable bonds is 6. The highest BCUT2D eigenvalue weighted by Crippen LogP contribution is 2.16. The van der Waals surface area contributed by atoms with Crippen LogP contribution in [-0.2, 0) is 21.7 Å². The number of piperazine rings is 1. The number of sulfone groups is 1. The highest BCUT2D eigenvalue weighted by atomic mass is 32.2. The summed E-state index contributed by atoms with van der Waals surface area (Å²) in [5.41, 5.74) is 0.794. The Morgan fingerprint density at radius 1 is 1.40 bits per heavy atom. The zero-order valence-electron chi connectivity index (χ0n) is 15.0. The number of hydrogen-bond donors (Lipinski definition) is 1. The first kappa shape index (κ1) is 19.2. The third-order valence-electron chi connectivity index (χ3n) is 3.79. The molecule has 1 amide bonds. The average Bonchev–Trinajstić information content (AvgIpc) is 2.95. The van der Waals surface area contributed by atoms with Gasteiger partial charge in [-0.15, -0.1) is 0 Å². The van der Waals surface area contributed by atoms with Gasteiger partial charge < -0.3 is 15.1 Å². The maximum absolute atomic E-state index is 12.5. The van der Waals surface area contributed by atoms with Crippen molar-refractivity contribution in [3.8, 4) is 0 Å². The van der Waals surface area contributed by atoms with Crippen molar-refractivity contribution in [2.45, 2.75) is 13.3 Å². The number of aromatic nitrogens is 2. The molecular weight excluding hydrogens is 344 g/mol. The zero-order chi connectivity index (χ0) is 18.4. The smallest absolute Gasteiger partial charge is 0.246 e. The Morgan fingerprint density at radius 3 is 2.72 bits per heavy atom. The van der Waals surface area contributed by atoms with E-state index in [-0.39, 0.29) is 18.2 Å². The van der Waals surface area contributed by atoms with Gasteiger partial charge in [-0.2, -0.15) is 5.10 Å².